The Labute approximate surface area is 146 Å². The maximum Gasteiger partial charge on any atom is 0.322 e. The van der Waals surface area contributed by atoms with Crippen LogP contribution in [0.3, 0.4) is 0 Å². The molecule has 7 heteroatoms. The molecule has 0 bridgehead atoms. The summed E-state index contributed by atoms with van der Waals surface area (Å²) < 4.78 is 7.23. The van der Waals surface area contributed by atoms with Crippen LogP contribution in [0.2, 0.25) is 0 Å². The van der Waals surface area contributed by atoms with E-state index in [0.29, 0.717) is 18.0 Å². The molecular weight excluding hydrogens is 318 g/mol. The number of carbonyl (C=O) groups excluding carboxylic acids is 1. The van der Waals surface area contributed by atoms with Gasteiger partial charge in [0, 0.05) is 12.2 Å². The lowest BCUT2D eigenvalue weighted by Crippen LogP contribution is -2.14. The summed E-state index contributed by atoms with van der Waals surface area (Å²) in [4.78, 5) is 12.2. The van der Waals surface area contributed by atoms with Crippen LogP contribution in [0.4, 0.5) is 6.01 Å². The van der Waals surface area contributed by atoms with Crippen molar-refractivity contribution in [3.63, 3.8) is 0 Å². The van der Waals surface area contributed by atoms with E-state index in [0.717, 1.165) is 5.56 Å². The molecule has 1 amide bonds. The van der Waals surface area contributed by atoms with Crippen molar-refractivity contribution in [2.24, 2.45) is 0 Å². The van der Waals surface area contributed by atoms with Crippen molar-refractivity contribution in [1.82, 2.24) is 20.0 Å². The Balaban J connectivity index is 1.66. The van der Waals surface area contributed by atoms with Crippen molar-refractivity contribution in [2.45, 2.75) is 40.2 Å². The van der Waals surface area contributed by atoms with Gasteiger partial charge in [0.2, 0.25) is 5.89 Å². The molecule has 0 aliphatic heterocycles. The zero-order valence-electron chi connectivity index (χ0n) is 14.8. The summed E-state index contributed by atoms with van der Waals surface area (Å²) in [5.74, 6) is 0.0760. The summed E-state index contributed by atoms with van der Waals surface area (Å²) in [7, 11) is 0. The van der Waals surface area contributed by atoms with E-state index in [1.54, 1.807) is 16.9 Å². The second-order valence-electron chi connectivity index (χ2n) is 6.33. The topological polar surface area (TPSA) is 85.8 Å². The number of amides is 1. The third-order valence-electron chi connectivity index (χ3n) is 3.98. The first kappa shape index (κ1) is 16.9. The van der Waals surface area contributed by atoms with Crippen molar-refractivity contribution >= 4 is 11.9 Å². The number of rotatable bonds is 5. The van der Waals surface area contributed by atoms with Crippen LogP contribution in [0, 0.1) is 13.8 Å². The highest BCUT2D eigenvalue weighted by atomic mass is 16.4. The molecule has 0 aliphatic rings. The fourth-order valence-corrected chi connectivity index (χ4v) is 2.37. The number of aryl methyl sites for hydroxylation is 2. The number of carbonyl (C=O) groups is 1. The summed E-state index contributed by atoms with van der Waals surface area (Å²) >= 11 is 0. The zero-order valence-corrected chi connectivity index (χ0v) is 14.8. The molecule has 1 aromatic carbocycles. The number of benzene rings is 1. The predicted octanol–water partition coefficient (Wildman–Crippen LogP) is 3.31. The molecule has 0 radical (unpaired) electrons. The molecular formula is C18H21N5O2. The van der Waals surface area contributed by atoms with Crippen molar-refractivity contribution in [3.05, 3.63) is 58.7 Å². The van der Waals surface area contributed by atoms with Gasteiger partial charge in [-0.25, -0.2) is 0 Å². The Morgan fingerprint density at radius 2 is 2.00 bits per heavy atom. The molecule has 3 rings (SSSR count). The van der Waals surface area contributed by atoms with Crippen molar-refractivity contribution < 1.29 is 9.21 Å². The van der Waals surface area contributed by atoms with Gasteiger partial charge in [0.1, 0.15) is 0 Å². The molecule has 0 fully saturated rings. The van der Waals surface area contributed by atoms with Crippen molar-refractivity contribution in [2.75, 3.05) is 5.32 Å². The molecule has 0 unspecified atom stereocenters. The Bertz CT molecular complexity index is 895. The molecule has 7 nitrogen and oxygen atoms in total. The van der Waals surface area contributed by atoms with E-state index in [9.17, 15) is 4.79 Å². The van der Waals surface area contributed by atoms with E-state index < -0.39 is 0 Å². The highest BCUT2D eigenvalue weighted by Crippen LogP contribution is 2.15. The molecule has 0 saturated heterocycles. The van der Waals surface area contributed by atoms with Gasteiger partial charge in [-0.05, 0) is 50.5 Å². The highest BCUT2D eigenvalue weighted by Gasteiger charge is 2.15. The molecule has 130 valence electrons. The van der Waals surface area contributed by atoms with Gasteiger partial charge in [0.25, 0.3) is 5.91 Å². The van der Waals surface area contributed by atoms with Gasteiger partial charge in [0.15, 0.2) is 5.69 Å². The van der Waals surface area contributed by atoms with Crippen molar-refractivity contribution in [3.8, 4) is 0 Å². The maximum absolute atomic E-state index is 12.2. The lowest BCUT2D eigenvalue weighted by Gasteiger charge is -2.03. The third-order valence-corrected chi connectivity index (χ3v) is 3.98. The van der Waals surface area contributed by atoms with Crippen LogP contribution in [0.1, 0.15) is 53.0 Å². The van der Waals surface area contributed by atoms with Crippen LogP contribution >= 0.6 is 0 Å². The number of hydrogen-bond acceptors (Lipinski definition) is 5. The second kappa shape index (κ2) is 6.88. The van der Waals surface area contributed by atoms with Crippen LogP contribution < -0.4 is 5.32 Å². The monoisotopic (exact) mass is 339 g/mol. The van der Waals surface area contributed by atoms with Gasteiger partial charge in [0.05, 0.1) is 6.42 Å². The molecule has 0 atom stereocenters. The third kappa shape index (κ3) is 3.93. The fourth-order valence-electron chi connectivity index (χ4n) is 2.37. The number of nitrogens with zero attached hydrogens (tertiary/aromatic N) is 4. The predicted molar refractivity (Wildman–Crippen MR) is 93.6 cm³/mol. The molecule has 2 heterocycles. The average molecular weight is 339 g/mol. The molecule has 0 aliphatic carbocycles. The van der Waals surface area contributed by atoms with Crippen LogP contribution in [0.5, 0.6) is 0 Å². The molecule has 3 aromatic rings. The minimum Gasteiger partial charge on any atom is -0.407 e. The zero-order chi connectivity index (χ0) is 18.0. The van der Waals surface area contributed by atoms with Crippen LogP contribution in [0.15, 0.2) is 34.9 Å². The van der Waals surface area contributed by atoms with E-state index >= 15 is 0 Å². The Hall–Kier alpha value is -2.96. The Morgan fingerprint density at radius 3 is 2.68 bits per heavy atom. The van der Waals surface area contributed by atoms with Gasteiger partial charge >= 0.3 is 6.01 Å². The smallest absolute Gasteiger partial charge is 0.322 e. The minimum absolute atomic E-state index is 0.0722. The second-order valence-corrected chi connectivity index (χ2v) is 6.33. The average Bonchev–Trinajstić information content (AvgIpc) is 3.20. The molecule has 0 saturated carbocycles. The Morgan fingerprint density at radius 1 is 1.20 bits per heavy atom. The summed E-state index contributed by atoms with van der Waals surface area (Å²) in [6.07, 6.45) is 2.28. The molecule has 2 aromatic heterocycles. The first-order valence-corrected chi connectivity index (χ1v) is 8.17. The highest BCUT2D eigenvalue weighted by molar-refractivity contribution is 6.01. The molecule has 1 N–H and O–H groups in total. The summed E-state index contributed by atoms with van der Waals surface area (Å²) in [6.45, 7) is 8.12. The standard InChI is InChI=1S/C18H21N5O2/c1-11(2)23-8-7-15(22-23)17(24)19-18-21-20-16(25-18)10-14-6-5-12(3)13(4)9-14/h5-9,11H,10H2,1-4H3,(H,19,21,24). The normalized spacial score (nSPS) is 11.1. The van der Waals surface area contributed by atoms with Gasteiger partial charge < -0.3 is 4.42 Å². The van der Waals surface area contributed by atoms with Gasteiger partial charge in [-0.15, -0.1) is 5.10 Å². The number of anilines is 1. The van der Waals surface area contributed by atoms with Crippen molar-refractivity contribution in [1.29, 1.82) is 0 Å². The number of nitrogens with one attached hydrogen (secondary N) is 1. The summed E-state index contributed by atoms with van der Waals surface area (Å²) in [6, 6.07) is 8.10. The largest absolute Gasteiger partial charge is 0.407 e. The molecule has 0 spiro atoms. The lowest BCUT2D eigenvalue weighted by molar-refractivity contribution is 0.101. The number of hydrogen-bond donors (Lipinski definition) is 1. The van der Waals surface area contributed by atoms with Gasteiger partial charge in [-0.2, -0.15) is 5.10 Å². The quantitative estimate of drug-likeness (QED) is 0.771. The first-order valence-electron chi connectivity index (χ1n) is 8.17. The van der Waals surface area contributed by atoms with E-state index in [2.05, 4.69) is 46.6 Å². The summed E-state index contributed by atoms with van der Waals surface area (Å²) in [5, 5.41) is 14.7. The first-order chi connectivity index (χ1) is 11.9. The maximum atomic E-state index is 12.2. The van der Waals surface area contributed by atoms with E-state index in [-0.39, 0.29) is 18.0 Å². The van der Waals surface area contributed by atoms with E-state index in [1.165, 1.54) is 11.1 Å². The van der Waals surface area contributed by atoms with Gasteiger partial charge in [-0.3, -0.25) is 14.8 Å². The minimum atomic E-state index is -0.374. The van der Waals surface area contributed by atoms with Crippen LogP contribution in [-0.2, 0) is 6.42 Å². The SMILES string of the molecule is Cc1ccc(Cc2nnc(NC(=O)c3ccn(C(C)C)n3)o2)cc1C. The number of aromatic nitrogens is 4. The van der Waals surface area contributed by atoms with Crippen LogP contribution in [0.25, 0.3) is 0 Å². The fraction of sp³-hybridized carbons (Fsp3) is 0.333. The Kier molecular flexibility index (Phi) is 4.65. The van der Waals surface area contributed by atoms with E-state index in [4.69, 9.17) is 4.42 Å². The summed E-state index contributed by atoms with van der Waals surface area (Å²) in [5.41, 5.74) is 3.84. The molecule has 25 heavy (non-hydrogen) atoms. The van der Waals surface area contributed by atoms with E-state index in [1.807, 2.05) is 19.9 Å². The lowest BCUT2D eigenvalue weighted by atomic mass is 10.0. The van der Waals surface area contributed by atoms with Crippen LogP contribution in [-0.4, -0.2) is 25.9 Å². The van der Waals surface area contributed by atoms with Gasteiger partial charge in [-0.1, -0.05) is 23.3 Å².